The molecule has 2 atom stereocenters. The standard InChI is InChI=1S/C23H22N2O6/c26-19-10-9-13(23(30)31)11-18(19)24-20(27)15-6-2-1-5-14(15)12-25-21(28)16-7-3-4-8-17(16)22(25)29/h3-4,7-11,14-15,26H,1-2,5-6,12H2,(H,24,27)(H,30,31). The van der Waals surface area contributed by atoms with E-state index in [0.717, 1.165) is 12.8 Å². The number of anilines is 1. The Bertz CT molecular complexity index is 1040. The quantitative estimate of drug-likeness (QED) is 0.502. The van der Waals surface area contributed by atoms with E-state index < -0.39 is 11.9 Å². The molecule has 3 amide bonds. The predicted octanol–water partition coefficient (Wildman–Crippen LogP) is 3.13. The highest BCUT2D eigenvalue weighted by atomic mass is 16.4. The molecule has 0 spiro atoms. The van der Waals surface area contributed by atoms with Crippen molar-refractivity contribution in [3.63, 3.8) is 0 Å². The number of phenols is 1. The minimum Gasteiger partial charge on any atom is -0.506 e. The fourth-order valence-corrected chi connectivity index (χ4v) is 4.41. The Kier molecular flexibility index (Phi) is 5.46. The van der Waals surface area contributed by atoms with Gasteiger partial charge in [0.1, 0.15) is 5.75 Å². The minimum atomic E-state index is -1.17. The molecule has 8 nitrogen and oxygen atoms in total. The predicted molar refractivity (Wildman–Crippen MR) is 111 cm³/mol. The Balaban J connectivity index is 1.51. The van der Waals surface area contributed by atoms with E-state index >= 15 is 0 Å². The molecule has 4 rings (SSSR count). The number of carbonyl (C=O) groups excluding carboxylic acids is 3. The van der Waals surface area contributed by atoms with E-state index in [1.165, 1.54) is 23.1 Å². The average molecular weight is 422 g/mol. The second-order valence-electron chi connectivity index (χ2n) is 7.94. The SMILES string of the molecule is O=C(O)c1ccc(O)c(NC(=O)C2CCCCC2CN2C(=O)c3ccccc3C2=O)c1. The van der Waals surface area contributed by atoms with Crippen molar-refractivity contribution in [3.05, 3.63) is 59.2 Å². The van der Waals surface area contributed by atoms with Crippen molar-refractivity contribution in [2.45, 2.75) is 25.7 Å². The third-order valence-electron chi connectivity index (χ3n) is 6.04. The number of phenolic OH excluding ortho intramolecular Hbond substituents is 1. The maximum absolute atomic E-state index is 13.0. The number of benzene rings is 2. The summed E-state index contributed by atoms with van der Waals surface area (Å²) in [5.41, 5.74) is 0.716. The molecule has 2 aromatic carbocycles. The number of carboxylic acid groups (broad SMARTS) is 1. The fraction of sp³-hybridized carbons (Fsp3) is 0.304. The molecule has 31 heavy (non-hydrogen) atoms. The van der Waals surface area contributed by atoms with Gasteiger partial charge in [-0.05, 0) is 49.1 Å². The van der Waals surface area contributed by atoms with Crippen LogP contribution in [0.1, 0.15) is 56.8 Å². The molecule has 2 unspecified atom stereocenters. The summed E-state index contributed by atoms with van der Waals surface area (Å²) in [6.45, 7) is 0.144. The third-order valence-corrected chi connectivity index (χ3v) is 6.04. The summed E-state index contributed by atoms with van der Waals surface area (Å²) in [6.07, 6.45) is 2.99. The van der Waals surface area contributed by atoms with Gasteiger partial charge < -0.3 is 15.5 Å². The molecule has 1 saturated carbocycles. The van der Waals surface area contributed by atoms with Gasteiger partial charge in [-0.3, -0.25) is 19.3 Å². The van der Waals surface area contributed by atoms with Gasteiger partial charge in [0.2, 0.25) is 5.91 Å². The Morgan fingerprint density at radius 1 is 1.00 bits per heavy atom. The zero-order valence-corrected chi connectivity index (χ0v) is 16.7. The Hall–Kier alpha value is -3.68. The third kappa shape index (κ3) is 3.88. The molecule has 2 aromatic rings. The maximum atomic E-state index is 13.0. The zero-order chi connectivity index (χ0) is 22.1. The molecule has 1 aliphatic carbocycles. The van der Waals surface area contributed by atoms with Crippen molar-refractivity contribution in [2.24, 2.45) is 11.8 Å². The minimum absolute atomic E-state index is 0.0231. The number of carbonyl (C=O) groups is 4. The molecule has 160 valence electrons. The first kappa shape index (κ1) is 20.6. The molecule has 1 heterocycles. The number of fused-ring (bicyclic) bond motifs is 1. The number of amides is 3. The number of imide groups is 1. The summed E-state index contributed by atoms with van der Waals surface area (Å²) < 4.78 is 0. The smallest absolute Gasteiger partial charge is 0.335 e. The number of carboxylic acids is 1. The van der Waals surface area contributed by atoms with Gasteiger partial charge in [0.15, 0.2) is 0 Å². The maximum Gasteiger partial charge on any atom is 0.335 e. The van der Waals surface area contributed by atoms with Crippen LogP contribution in [-0.4, -0.2) is 45.3 Å². The summed E-state index contributed by atoms with van der Waals surface area (Å²) >= 11 is 0. The molecule has 0 aromatic heterocycles. The van der Waals surface area contributed by atoms with Gasteiger partial charge in [-0.1, -0.05) is 25.0 Å². The van der Waals surface area contributed by atoms with Crippen molar-refractivity contribution in [3.8, 4) is 5.75 Å². The van der Waals surface area contributed by atoms with Crippen LogP contribution in [0.25, 0.3) is 0 Å². The van der Waals surface area contributed by atoms with E-state index in [9.17, 15) is 24.3 Å². The van der Waals surface area contributed by atoms with Gasteiger partial charge in [-0.25, -0.2) is 4.79 Å². The Labute approximate surface area is 178 Å². The van der Waals surface area contributed by atoms with E-state index in [1.54, 1.807) is 24.3 Å². The first-order chi connectivity index (χ1) is 14.9. The van der Waals surface area contributed by atoms with Crippen LogP contribution in [0.4, 0.5) is 5.69 Å². The lowest BCUT2D eigenvalue weighted by Gasteiger charge is -2.32. The van der Waals surface area contributed by atoms with Crippen LogP contribution in [0, 0.1) is 11.8 Å². The summed E-state index contributed by atoms with van der Waals surface area (Å²) in [7, 11) is 0. The number of aromatic hydroxyl groups is 1. The van der Waals surface area contributed by atoms with Gasteiger partial charge in [0, 0.05) is 12.5 Å². The summed E-state index contributed by atoms with van der Waals surface area (Å²) in [6, 6.07) is 10.3. The van der Waals surface area contributed by atoms with E-state index in [-0.39, 0.29) is 47.2 Å². The van der Waals surface area contributed by atoms with Crippen molar-refractivity contribution in [1.29, 1.82) is 0 Å². The molecule has 8 heteroatoms. The Morgan fingerprint density at radius 3 is 2.29 bits per heavy atom. The van der Waals surface area contributed by atoms with E-state index in [1.807, 2.05) is 0 Å². The monoisotopic (exact) mass is 422 g/mol. The number of aromatic carboxylic acids is 1. The molecule has 0 bridgehead atoms. The molecule has 2 aliphatic rings. The summed E-state index contributed by atoms with van der Waals surface area (Å²) in [4.78, 5) is 50.8. The van der Waals surface area contributed by atoms with Crippen LogP contribution in [0.5, 0.6) is 5.75 Å². The normalized spacial score (nSPS) is 20.5. The lowest BCUT2D eigenvalue weighted by Crippen LogP contribution is -2.41. The number of rotatable bonds is 5. The van der Waals surface area contributed by atoms with Crippen molar-refractivity contribution < 1.29 is 29.4 Å². The van der Waals surface area contributed by atoms with Crippen LogP contribution in [-0.2, 0) is 4.79 Å². The lowest BCUT2D eigenvalue weighted by molar-refractivity contribution is -0.122. The van der Waals surface area contributed by atoms with Crippen LogP contribution < -0.4 is 5.32 Å². The van der Waals surface area contributed by atoms with Gasteiger partial charge in [0.05, 0.1) is 22.4 Å². The van der Waals surface area contributed by atoms with Crippen LogP contribution in [0.3, 0.4) is 0 Å². The van der Waals surface area contributed by atoms with Gasteiger partial charge in [0.25, 0.3) is 11.8 Å². The first-order valence-electron chi connectivity index (χ1n) is 10.2. The topological polar surface area (TPSA) is 124 Å². The van der Waals surface area contributed by atoms with E-state index in [4.69, 9.17) is 5.11 Å². The van der Waals surface area contributed by atoms with Gasteiger partial charge in [-0.15, -0.1) is 0 Å². The molecule has 1 fully saturated rings. The molecular formula is C23H22N2O6. The van der Waals surface area contributed by atoms with Gasteiger partial charge in [-0.2, -0.15) is 0 Å². The molecule has 3 N–H and O–H groups in total. The van der Waals surface area contributed by atoms with Crippen molar-refractivity contribution in [2.75, 3.05) is 11.9 Å². The number of nitrogens with one attached hydrogen (secondary N) is 1. The first-order valence-corrected chi connectivity index (χ1v) is 10.2. The second kappa shape index (κ2) is 8.22. The second-order valence-corrected chi connectivity index (χ2v) is 7.94. The summed E-state index contributed by atoms with van der Waals surface area (Å²) in [5, 5.41) is 21.8. The number of nitrogens with zero attached hydrogens (tertiary/aromatic N) is 1. The van der Waals surface area contributed by atoms with Crippen LogP contribution in [0.2, 0.25) is 0 Å². The van der Waals surface area contributed by atoms with Gasteiger partial charge >= 0.3 is 5.97 Å². The molecule has 0 saturated heterocycles. The average Bonchev–Trinajstić information content (AvgIpc) is 3.00. The van der Waals surface area contributed by atoms with Crippen LogP contribution in [0.15, 0.2) is 42.5 Å². The Morgan fingerprint density at radius 2 is 1.65 bits per heavy atom. The molecular weight excluding hydrogens is 400 g/mol. The van der Waals surface area contributed by atoms with Crippen LogP contribution >= 0.6 is 0 Å². The fourth-order valence-electron chi connectivity index (χ4n) is 4.41. The zero-order valence-electron chi connectivity index (χ0n) is 16.7. The number of hydrogen-bond donors (Lipinski definition) is 3. The molecule has 1 aliphatic heterocycles. The highest BCUT2D eigenvalue weighted by Crippen LogP contribution is 2.35. The molecule has 0 radical (unpaired) electrons. The number of hydrogen-bond acceptors (Lipinski definition) is 5. The highest BCUT2D eigenvalue weighted by Gasteiger charge is 2.40. The highest BCUT2D eigenvalue weighted by molar-refractivity contribution is 6.21. The summed E-state index contributed by atoms with van der Waals surface area (Å²) in [5.74, 6) is -3.15. The largest absolute Gasteiger partial charge is 0.506 e. The van der Waals surface area contributed by atoms with E-state index in [2.05, 4.69) is 5.32 Å². The van der Waals surface area contributed by atoms with Crippen molar-refractivity contribution >= 4 is 29.4 Å². The van der Waals surface area contributed by atoms with Crippen molar-refractivity contribution in [1.82, 2.24) is 4.90 Å². The van der Waals surface area contributed by atoms with E-state index in [0.29, 0.717) is 24.0 Å². The lowest BCUT2D eigenvalue weighted by atomic mass is 9.78.